The van der Waals surface area contributed by atoms with Crippen molar-refractivity contribution in [2.24, 2.45) is 0 Å². The van der Waals surface area contributed by atoms with Crippen LogP contribution in [-0.4, -0.2) is 23.7 Å². The third kappa shape index (κ3) is 9.73. The van der Waals surface area contributed by atoms with Crippen LogP contribution in [0.2, 0.25) is 0 Å². The summed E-state index contributed by atoms with van der Waals surface area (Å²) in [5.41, 5.74) is 0. The van der Waals surface area contributed by atoms with Gasteiger partial charge in [-0.25, -0.2) is 0 Å². The lowest BCUT2D eigenvalue weighted by Crippen LogP contribution is -2.31. The summed E-state index contributed by atoms with van der Waals surface area (Å²) in [7, 11) is 0. The maximum atomic E-state index is 11.3. The molecule has 0 fully saturated rings. The molecule has 0 aliphatic heterocycles. The van der Waals surface area contributed by atoms with Gasteiger partial charge >= 0.3 is 0 Å². The second kappa shape index (κ2) is 9.97. The van der Waals surface area contributed by atoms with Crippen LogP contribution in [0.15, 0.2) is 0 Å². The summed E-state index contributed by atoms with van der Waals surface area (Å²) in [5.74, 6) is 0.0685. The Morgan fingerprint density at radius 3 is 2.47 bits per heavy atom. The summed E-state index contributed by atoms with van der Waals surface area (Å²) in [5, 5.41) is 12.0. The number of carbonyl (C=O) groups is 1. The second-order valence-corrected chi connectivity index (χ2v) is 4.03. The van der Waals surface area contributed by atoms with E-state index < -0.39 is 6.10 Å². The smallest absolute Gasteiger partial charge is 0.220 e. The molecular weight excluding hydrogens is 190 g/mol. The molecule has 0 aliphatic carbocycles. The van der Waals surface area contributed by atoms with E-state index >= 15 is 0 Å². The van der Waals surface area contributed by atoms with E-state index in [9.17, 15) is 9.90 Å². The molecular formula is C12H25NO2. The lowest BCUT2D eigenvalue weighted by molar-refractivity contribution is -0.121. The molecule has 0 aromatic heterocycles. The van der Waals surface area contributed by atoms with E-state index in [0.717, 1.165) is 12.8 Å². The Hall–Kier alpha value is -0.570. The van der Waals surface area contributed by atoms with Crippen molar-refractivity contribution in [1.29, 1.82) is 0 Å². The third-order valence-electron chi connectivity index (χ3n) is 2.51. The highest BCUT2D eigenvalue weighted by atomic mass is 16.3. The monoisotopic (exact) mass is 215 g/mol. The fraction of sp³-hybridized carbons (Fsp3) is 0.917. The largest absolute Gasteiger partial charge is 0.391 e. The summed E-state index contributed by atoms with van der Waals surface area (Å²) >= 11 is 0. The minimum absolute atomic E-state index is 0.0685. The van der Waals surface area contributed by atoms with Gasteiger partial charge in [-0.1, -0.05) is 39.5 Å². The number of unbranched alkanes of at least 4 members (excludes halogenated alkanes) is 4. The van der Waals surface area contributed by atoms with E-state index in [1.54, 1.807) is 0 Å². The molecule has 0 radical (unpaired) electrons. The first kappa shape index (κ1) is 14.4. The predicted molar refractivity (Wildman–Crippen MR) is 62.7 cm³/mol. The minimum Gasteiger partial charge on any atom is -0.391 e. The van der Waals surface area contributed by atoms with E-state index in [1.807, 2.05) is 6.92 Å². The molecule has 0 aromatic carbocycles. The Labute approximate surface area is 93.3 Å². The molecule has 0 aliphatic rings. The summed E-state index contributed by atoms with van der Waals surface area (Å²) in [6.07, 6.45) is 6.71. The molecule has 0 spiro atoms. The summed E-state index contributed by atoms with van der Waals surface area (Å²) in [6.45, 7) is 4.48. The van der Waals surface area contributed by atoms with Gasteiger partial charge in [-0.2, -0.15) is 0 Å². The fourth-order valence-electron chi connectivity index (χ4n) is 1.35. The number of hydrogen-bond acceptors (Lipinski definition) is 2. The van der Waals surface area contributed by atoms with Crippen LogP contribution in [0.4, 0.5) is 0 Å². The maximum Gasteiger partial charge on any atom is 0.220 e. The lowest BCUT2D eigenvalue weighted by atomic mass is 10.1. The van der Waals surface area contributed by atoms with Crippen molar-refractivity contribution in [1.82, 2.24) is 5.32 Å². The number of carbonyl (C=O) groups excluding carboxylic acids is 1. The molecule has 1 atom stereocenters. The number of hydrogen-bond donors (Lipinski definition) is 2. The SMILES string of the molecule is CCCCCCCC(=O)NCC(O)CC. The Kier molecular flexibility index (Phi) is 9.59. The molecule has 1 amide bonds. The number of amides is 1. The van der Waals surface area contributed by atoms with Gasteiger partial charge in [0.25, 0.3) is 0 Å². The van der Waals surface area contributed by atoms with Crippen molar-refractivity contribution in [2.45, 2.75) is 64.9 Å². The number of nitrogens with one attached hydrogen (secondary N) is 1. The van der Waals surface area contributed by atoms with Crippen LogP contribution >= 0.6 is 0 Å². The molecule has 0 saturated carbocycles. The molecule has 1 unspecified atom stereocenters. The van der Waals surface area contributed by atoms with Gasteiger partial charge in [0.1, 0.15) is 0 Å². The average Bonchev–Trinajstić information content (AvgIpc) is 2.25. The molecule has 2 N–H and O–H groups in total. The Morgan fingerprint density at radius 1 is 1.20 bits per heavy atom. The van der Waals surface area contributed by atoms with Crippen LogP contribution in [-0.2, 0) is 4.79 Å². The van der Waals surface area contributed by atoms with E-state index in [1.165, 1.54) is 19.3 Å². The van der Waals surface area contributed by atoms with Crippen LogP contribution in [0, 0.1) is 0 Å². The Balaban J connectivity index is 3.26. The van der Waals surface area contributed by atoms with Crippen LogP contribution in [0.3, 0.4) is 0 Å². The summed E-state index contributed by atoms with van der Waals surface area (Å²) in [4.78, 5) is 11.3. The quantitative estimate of drug-likeness (QED) is 0.579. The lowest BCUT2D eigenvalue weighted by Gasteiger charge is -2.09. The predicted octanol–water partition coefficient (Wildman–Crippen LogP) is 2.23. The van der Waals surface area contributed by atoms with Gasteiger partial charge in [0, 0.05) is 13.0 Å². The highest BCUT2D eigenvalue weighted by Gasteiger charge is 2.04. The van der Waals surface area contributed by atoms with Gasteiger partial charge in [-0.15, -0.1) is 0 Å². The topological polar surface area (TPSA) is 49.3 Å². The normalized spacial score (nSPS) is 12.5. The van der Waals surface area contributed by atoms with Crippen LogP contribution in [0.1, 0.15) is 58.8 Å². The fourth-order valence-corrected chi connectivity index (χ4v) is 1.35. The first-order chi connectivity index (χ1) is 7.20. The highest BCUT2D eigenvalue weighted by molar-refractivity contribution is 5.75. The zero-order valence-corrected chi connectivity index (χ0v) is 10.1. The van der Waals surface area contributed by atoms with E-state index in [-0.39, 0.29) is 5.91 Å². The summed E-state index contributed by atoms with van der Waals surface area (Å²) < 4.78 is 0. The van der Waals surface area contributed by atoms with E-state index in [4.69, 9.17) is 0 Å². The van der Waals surface area contributed by atoms with Crippen molar-refractivity contribution in [3.8, 4) is 0 Å². The Morgan fingerprint density at radius 2 is 1.87 bits per heavy atom. The highest BCUT2D eigenvalue weighted by Crippen LogP contribution is 2.04. The molecule has 3 heteroatoms. The van der Waals surface area contributed by atoms with Crippen molar-refractivity contribution < 1.29 is 9.90 Å². The average molecular weight is 215 g/mol. The Bertz CT molecular complexity index is 160. The summed E-state index contributed by atoms with van der Waals surface area (Å²) in [6, 6.07) is 0. The van der Waals surface area contributed by atoms with Gasteiger partial charge in [0.2, 0.25) is 5.91 Å². The molecule has 0 bridgehead atoms. The minimum atomic E-state index is -0.394. The van der Waals surface area contributed by atoms with Crippen LogP contribution in [0.25, 0.3) is 0 Å². The van der Waals surface area contributed by atoms with Gasteiger partial charge in [-0.05, 0) is 12.8 Å². The van der Waals surface area contributed by atoms with Gasteiger partial charge < -0.3 is 10.4 Å². The van der Waals surface area contributed by atoms with Crippen LogP contribution < -0.4 is 5.32 Å². The van der Waals surface area contributed by atoms with Crippen molar-refractivity contribution in [3.63, 3.8) is 0 Å². The van der Waals surface area contributed by atoms with Crippen molar-refractivity contribution >= 4 is 5.91 Å². The molecule has 0 aromatic rings. The molecule has 15 heavy (non-hydrogen) atoms. The van der Waals surface area contributed by atoms with Gasteiger partial charge in [-0.3, -0.25) is 4.79 Å². The maximum absolute atomic E-state index is 11.3. The third-order valence-corrected chi connectivity index (χ3v) is 2.51. The van der Waals surface area contributed by atoms with Crippen molar-refractivity contribution in [2.75, 3.05) is 6.54 Å². The molecule has 0 saturated heterocycles. The zero-order valence-electron chi connectivity index (χ0n) is 10.1. The number of aliphatic hydroxyl groups is 1. The van der Waals surface area contributed by atoms with Gasteiger partial charge in [0.05, 0.1) is 6.10 Å². The molecule has 0 heterocycles. The first-order valence-corrected chi connectivity index (χ1v) is 6.15. The number of rotatable bonds is 9. The van der Waals surface area contributed by atoms with E-state index in [2.05, 4.69) is 12.2 Å². The van der Waals surface area contributed by atoms with Crippen molar-refractivity contribution in [3.05, 3.63) is 0 Å². The van der Waals surface area contributed by atoms with Crippen LogP contribution in [0.5, 0.6) is 0 Å². The number of aliphatic hydroxyl groups excluding tert-OH is 1. The van der Waals surface area contributed by atoms with Gasteiger partial charge in [0.15, 0.2) is 0 Å². The zero-order chi connectivity index (χ0) is 11.5. The second-order valence-electron chi connectivity index (χ2n) is 4.03. The standard InChI is InChI=1S/C12H25NO2/c1-3-5-6-7-8-9-12(15)13-10-11(14)4-2/h11,14H,3-10H2,1-2H3,(H,13,15). The molecule has 90 valence electrons. The van der Waals surface area contributed by atoms with E-state index in [0.29, 0.717) is 19.4 Å². The first-order valence-electron chi connectivity index (χ1n) is 6.15. The molecule has 0 rings (SSSR count). The molecule has 3 nitrogen and oxygen atoms in total.